The Morgan fingerprint density at radius 3 is 2.55 bits per heavy atom. The van der Waals surface area contributed by atoms with Crippen LogP contribution in [0, 0.1) is 11.6 Å². The summed E-state index contributed by atoms with van der Waals surface area (Å²) >= 11 is 0. The third-order valence-electron chi connectivity index (χ3n) is 6.71. The fourth-order valence-corrected chi connectivity index (χ4v) is 4.88. The number of anilines is 1. The van der Waals surface area contributed by atoms with Gasteiger partial charge in [-0.15, -0.1) is 0 Å². The second-order valence-electron chi connectivity index (χ2n) is 9.66. The van der Waals surface area contributed by atoms with Crippen LogP contribution in [0.5, 0.6) is 0 Å². The van der Waals surface area contributed by atoms with E-state index in [1.54, 1.807) is 36.7 Å². The highest BCUT2D eigenvalue weighted by Gasteiger charge is 2.23. The average Bonchev–Trinajstić information content (AvgIpc) is 3.50. The molecule has 3 aromatic carbocycles. The second-order valence-corrected chi connectivity index (χ2v) is 9.66. The Morgan fingerprint density at radius 2 is 1.80 bits per heavy atom. The Bertz CT molecular complexity index is 1940. The minimum atomic E-state index is -0.831. The molecule has 11 heteroatoms. The van der Waals surface area contributed by atoms with Crippen LogP contribution < -0.4 is 11.5 Å². The van der Waals surface area contributed by atoms with Crippen LogP contribution in [0.2, 0.25) is 0 Å². The molecular formula is C29H23F2N7O2. The molecule has 6 aromatic rings. The Balaban J connectivity index is 1.51. The van der Waals surface area contributed by atoms with E-state index in [1.165, 1.54) is 28.9 Å². The molecule has 9 nitrogen and oxygen atoms in total. The van der Waals surface area contributed by atoms with Gasteiger partial charge in [-0.25, -0.2) is 13.5 Å². The maximum absolute atomic E-state index is 16.3. The van der Waals surface area contributed by atoms with Crippen molar-refractivity contribution in [3.8, 4) is 27.9 Å². The van der Waals surface area contributed by atoms with Crippen LogP contribution in [0.1, 0.15) is 16.1 Å². The Labute approximate surface area is 226 Å². The van der Waals surface area contributed by atoms with Crippen molar-refractivity contribution < 1.29 is 18.1 Å². The third-order valence-corrected chi connectivity index (χ3v) is 6.71. The lowest BCUT2D eigenvalue weighted by Gasteiger charge is -2.15. The number of aromatic nitrogens is 4. The molecule has 0 saturated carbocycles. The number of primary amides is 1. The van der Waals surface area contributed by atoms with Gasteiger partial charge in [-0.1, -0.05) is 23.4 Å². The summed E-state index contributed by atoms with van der Waals surface area (Å²) in [5.41, 5.74) is 14.5. The molecule has 40 heavy (non-hydrogen) atoms. The van der Waals surface area contributed by atoms with Crippen LogP contribution in [-0.2, 0) is 6.54 Å². The maximum Gasteiger partial charge on any atom is 0.269 e. The van der Waals surface area contributed by atoms with Crippen molar-refractivity contribution in [2.24, 2.45) is 5.73 Å². The smallest absolute Gasteiger partial charge is 0.269 e. The molecule has 200 valence electrons. The summed E-state index contributed by atoms with van der Waals surface area (Å²) in [6, 6.07) is 14.3. The Hall–Kier alpha value is -5.16. The quantitative estimate of drug-likeness (QED) is 0.307. The van der Waals surface area contributed by atoms with E-state index in [-0.39, 0.29) is 33.5 Å². The lowest BCUT2D eigenvalue weighted by atomic mass is 9.96. The number of fused-ring (bicyclic) bond motifs is 2. The van der Waals surface area contributed by atoms with E-state index >= 15 is 8.78 Å². The zero-order chi connectivity index (χ0) is 28.1. The van der Waals surface area contributed by atoms with E-state index in [0.29, 0.717) is 28.8 Å². The summed E-state index contributed by atoms with van der Waals surface area (Å²) < 4.78 is 38.3. The number of pyridine rings is 1. The molecule has 0 unspecified atom stereocenters. The number of benzene rings is 3. The fourth-order valence-electron chi connectivity index (χ4n) is 4.88. The number of nitrogens with zero attached hydrogens (tertiary/aromatic N) is 5. The van der Waals surface area contributed by atoms with Crippen molar-refractivity contribution in [3.63, 3.8) is 0 Å². The number of nitrogens with two attached hydrogens (primary N) is 2. The van der Waals surface area contributed by atoms with E-state index < -0.39 is 17.5 Å². The molecule has 0 aliphatic heterocycles. The summed E-state index contributed by atoms with van der Waals surface area (Å²) in [5.74, 6) is -2.07. The molecule has 0 aliphatic rings. The first-order chi connectivity index (χ1) is 19.2. The number of carbonyl (C=O) groups excluding carboxylic acids is 1. The summed E-state index contributed by atoms with van der Waals surface area (Å²) in [4.78, 5) is 18.4. The van der Waals surface area contributed by atoms with Crippen LogP contribution >= 0.6 is 0 Å². The monoisotopic (exact) mass is 539 g/mol. The molecule has 0 bridgehead atoms. The van der Waals surface area contributed by atoms with Crippen LogP contribution in [0.3, 0.4) is 0 Å². The summed E-state index contributed by atoms with van der Waals surface area (Å²) in [6.07, 6.45) is 3.37. The van der Waals surface area contributed by atoms with E-state index in [1.807, 2.05) is 25.1 Å². The van der Waals surface area contributed by atoms with Gasteiger partial charge in [0.25, 0.3) is 5.91 Å². The van der Waals surface area contributed by atoms with Gasteiger partial charge in [0.15, 0.2) is 22.9 Å². The van der Waals surface area contributed by atoms with Crippen molar-refractivity contribution in [3.05, 3.63) is 89.9 Å². The van der Waals surface area contributed by atoms with Crippen molar-refractivity contribution >= 4 is 33.6 Å². The van der Waals surface area contributed by atoms with E-state index in [9.17, 15) is 4.79 Å². The van der Waals surface area contributed by atoms with Crippen molar-refractivity contribution in [2.75, 3.05) is 19.8 Å². The lowest BCUT2D eigenvalue weighted by molar-refractivity contribution is 0.0996. The van der Waals surface area contributed by atoms with Crippen molar-refractivity contribution in [1.29, 1.82) is 0 Å². The SMILES string of the molecule is CN(C)Cc1ccncc1-c1ccc(-c2ccc3c(C(N)=O)nn(-c4ccc5onc(N)c5c4)c3c2F)c(F)c1. The van der Waals surface area contributed by atoms with Crippen LogP contribution in [0.25, 0.3) is 49.8 Å². The van der Waals surface area contributed by atoms with Gasteiger partial charge in [-0.05, 0) is 61.6 Å². The molecular weight excluding hydrogens is 516 g/mol. The van der Waals surface area contributed by atoms with Crippen molar-refractivity contribution in [1.82, 2.24) is 24.8 Å². The molecule has 0 saturated heterocycles. The number of rotatable bonds is 6. The molecule has 0 atom stereocenters. The minimum Gasteiger partial charge on any atom is -0.380 e. The van der Waals surface area contributed by atoms with Crippen molar-refractivity contribution in [2.45, 2.75) is 6.54 Å². The molecule has 0 spiro atoms. The number of nitrogen functional groups attached to an aromatic ring is 1. The molecule has 6 rings (SSSR count). The second kappa shape index (κ2) is 9.54. The van der Waals surface area contributed by atoms with E-state index in [4.69, 9.17) is 16.0 Å². The minimum absolute atomic E-state index is 0.000934. The van der Waals surface area contributed by atoms with E-state index in [0.717, 1.165) is 11.1 Å². The normalized spacial score (nSPS) is 11.6. The average molecular weight is 540 g/mol. The first kappa shape index (κ1) is 25.1. The van der Waals surface area contributed by atoms with Gasteiger partial charge in [0.05, 0.1) is 11.1 Å². The molecule has 0 aliphatic carbocycles. The molecule has 0 radical (unpaired) electrons. The zero-order valence-corrected chi connectivity index (χ0v) is 21.5. The van der Waals surface area contributed by atoms with E-state index in [2.05, 4.69) is 15.2 Å². The summed E-state index contributed by atoms with van der Waals surface area (Å²) in [7, 11) is 3.89. The van der Waals surface area contributed by atoms with Crippen LogP contribution in [0.15, 0.2) is 71.5 Å². The maximum atomic E-state index is 16.3. The van der Waals surface area contributed by atoms with Gasteiger partial charge in [-0.2, -0.15) is 5.10 Å². The Kier molecular flexibility index (Phi) is 6.00. The predicted octanol–water partition coefficient (Wildman–Crippen LogP) is 4.92. The van der Waals surface area contributed by atoms with Crippen LogP contribution in [0.4, 0.5) is 14.6 Å². The standard InChI is InChI=1S/C29H23F2N7O2/c1-37(2)14-16-9-10-34-13-22(16)15-3-5-18(23(30)11-15)19-6-7-20-26(29(33)39)35-38(27(20)25(19)31)17-4-8-24-21(12-17)28(32)36-40-24/h3-13H,14H2,1-2H3,(H2,32,36)(H2,33,39). The first-order valence-corrected chi connectivity index (χ1v) is 12.3. The molecule has 3 aromatic heterocycles. The summed E-state index contributed by atoms with van der Waals surface area (Å²) in [6.45, 7) is 0.644. The summed E-state index contributed by atoms with van der Waals surface area (Å²) in [5, 5.41) is 8.70. The number of hydrogen-bond donors (Lipinski definition) is 2. The van der Waals surface area contributed by atoms with Gasteiger partial charge in [0.1, 0.15) is 11.3 Å². The highest BCUT2D eigenvalue weighted by Crippen LogP contribution is 2.36. The zero-order valence-electron chi connectivity index (χ0n) is 21.5. The van der Waals surface area contributed by atoms with Gasteiger partial charge in [0, 0.05) is 41.0 Å². The van der Waals surface area contributed by atoms with Gasteiger partial charge >= 0.3 is 0 Å². The fraction of sp³-hybridized carbons (Fsp3) is 0.103. The molecule has 3 heterocycles. The van der Waals surface area contributed by atoms with Crippen LogP contribution in [-0.4, -0.2) is 44.8 Å². The Morgan fingerprint density at radius 1 is 1.00 bits per heavy atom. The molecule has 4 N–H and O–H groups in total. The topological polar surface area (TPSA) is 129 Å². The van der Waals surface area contributed by atoms with Gasteiger partial charge in [0.2, 0.25) is 0 Å². The highest BCUT2D eigenvalue weighted by molar-refractivity contribution is 6.05. The number of halogens is 2. The number of amides is 1. The number of carbonyl (C=O) groups is 1. The first-order valence-electron chi connectivity index (χ1n) is 12.3. The number of hydrogen-bond acceptors (Lipinski definition) is 7. The molecule has 0 fully saturated rings. The lowest BCUT2D eigenvalue weighted by Crippen LogP contribution is -2.12. The molecule has 1 amide bonds. The van der Waals surface area contributed by atoms with Gasteiger partial charge in [-0.3, -0.25) is 9.78 Å². The predicted molar refractivity (Wildman–Crippen MR) is 148 cm³/mol. The highest BCUT2D eigenvalue weighted by atomic mass is 19.1. The third kappa shape index (κ3) is 4.12. The van der Waals surface area contributed by atoms with Gasteiger partial charge < -0.3 is 20.9 Å². The largest absolute Gasteiger partial charge is 0.380 e.